The van der Waals surface area contributed by atoms with Crippen LogP contribution in [0, 0.1) is 6.92 Å². The Hall–Kier alpha value is -1.29. The zero-order chi connectivity index (χ0) is 11.5. The van der Waals surface area contributed by atoms with Crippen LogP contribution in [0.3, 0.4) is 0 Å². The van der Waals surface area contributed by atoms with Crippen molar-refractivity contribution in [3.8, 4) is 0 Å². The van der Waals surface area contributed by atoms with E-state index in [-0.39, 0.29) is 5.54 Å². The van der Waals surface area contributed by atoms with Crippen LogP contribution in [0.1, 0.15) is 19.5 Å². The summed E-state index contributed by atoms with van der Waals surface area (Å²) in [6.45, 7) is 6.63. The summed E-state index contributed by atoms with van der Waals surface area (Å²) < 4.78 is 5.12. The Kier molecular flexibility index (Phi) is 3.52. The molecule has 1 heterocycles. The number of nitrogen functional groups attached to an aromatic ring is 1. The minimum absolute atomic E-state index is 0.135. The van der Waals surface area contributed by atoms with Gasteiger partial charge in [0.25, 0.3) is 0 Å². The van der Waals surface area contributed by atoms with Gasteiger partial charge in [-0.3, -0.25) is 0 Å². The van der Waals surface area contributed by atoms with Gasteiger partial charge < -0.3 is 15.8 Å². The van der Waals surface area contributed by atoms with E-state index < -0.39 is 0 Å². The standard InChI is InChI=1S/C11H19N3O/c1-8-9(12)5-6-10(13-8)14-11(2,3)7-15-4/h5-6H,7,12H2,1-4H3,(H,13,14). The van der Waals surface area contributed by atoms with Crippen LogP contribution in [0.2, 0.25) is 0 Å². The summed E-state index contributed by atoms with van der Waals surface area (Å²) in [5.74, 6) is 0.823. The number of aryl methyl sites for hydroxylation is 1. The molecule has 0 aromatic carbocycles. The predicted molar refractivity (Wildman–Crippen MR) is 63.0 cm³/mol. The van der Waals surface area contributed by atoms with E-state index in [0.717, 1.165) is 11.5 Å². The van der Waals surface area contributed by atoms with Crippen LogP contribution < -0.4 is 11.1 Å². The molecule has 4 nitrogen and oxygen atoms in total. The van der Waals surface area contributed by atoms with Gasteiger partial charge >= 0.3 is 0 Å². The molecule has 0 radical (unpaired) electrons. The zero-order valence-corrected chi connectivity index (χ0v) is 9.79. The Morgan fingerprint density at radius 2 is 2.13 bits per heavy atom. The van der Waals surface area contributed by atoms with E-state index >= 15 is 0 Å². The average molecular weight is 209 g/mol. The Bertz CT molecular complexity index is 337. The molecular weight excluding hydrogens is 190 g/mol. The van der Waals surface area contributed by atoms with Crippen LogP contribution in [-0.2, 0) is 4.74 Å². The van der Waals surface area contributed by atoms with Crippen molar-refractivity contribution in [2.45, 2.75) is 26.3 Å². The van der Waals surface area contributed by atoms with E-state index in [2.05, 4.69) is 24.1 Å². The molecule has 84 valence electrons. The quantitative estimate of drug-likeness (QED) is 0.794. The fraction of sp³-hybridized carbons (Fsp3) is 0.545. The van der Waals surface area contributed by atoms with E-state index in [1.165, 1.54) is 0 Å². The molecule has 0 aliphatic heterocycles. The number of nitrogens with zero attached hydrogens (tertiary/aromatic N) is 1. The summed E-state index contributed by atoms with van der Waals surface area (Å²) in [5.41, 5.74) is 7.12. The number of nitrogens with two attached hydrogens (primary N) is 1. The highest BCUT2D eigenvalue weighted by Crippen LogP contribution is 2.16. The van der Waals surface area contributed by atoms with E-state index in [9.17, 15) is 0 Å². The lowest BCUT2D eigenvalue weighted by Crippen LogP contribution is -2.36. The van der Waals surface area contributed by atoms with E-state index in [0.29, 0.717) is 12.3 Å². The number of rotatable bonds is 4. The topological polar surface area (TPSA) is 60.2 Å². The normalized spacial score (nSPS) is 11.5. The van der Waals surface area contributed by atoms with Crippen LogP contribution in [0.5, 0.6) is 0 Å². The van der Waals surface area contributed by atoms with Crippen molar-refractivity contribution in [2.75, 3.05) is 24.8 Å². The molecule has 0 unspecified atom stereocenters. The summed E-state index contributed by atoms with van der Waals surface area (Å²) in [7, 11) is 1.69. The molecule has 1 aromatic rings. The molecule has 0 spiro atoms. The largest absolute Gasteiger partial charge is 0.397 e. The van der Waals surface area contributed by atoms with Gasteiger partial charge in [0, 0.05) is 7.11 Å². The van der Waals surface area contributed by atoms with Crippen molar-refractivity contribution in [3.63, 3.8) is 0 Å². The van der Waals surface area contributed by atoms with Crippen molar-refractivity contribution in [3.05, 3.63) is 17.8 Å². The molecular formula is C11H19N3O. The second-order valence-electron chi connectivity index (χ2n) is 4.31. The Morgan fingerprint density at radius 1 is 1.47 bits per heavy atom. The Balaban J connectivity index is 2.76. The van der Waals surface area contributed by atoms with Gasteiger partial charge in [0.15, 0.2) is 0 Å². The van der Waals surface area contributed by atoms with Crippen molar-refractivity contribution in [1.29, 1.82) is 0 Å². The van der Waals surface area contributed by atoms with Crippen molar-refractivity contribution in [2.24, 2.45) is 0 Å². The molecule has 0 amide bonds. The number of anilines is 2. The Morgan fingerprint density at radius 3 is 2.67 bits per heavy atom. The summed E-state index contributed by atoms with van der Waals surface area (Å²) in [6, 6.07) is 3.73. The molecule has 0 fully saturated rings. The molecule has 0 aliphatic carbocycles. The second kappa shape index (κ2) is 4.49. The molecule has 0 aliphatic rings. The zero-order valence-electron chi connectivity index (χ0n) is 9.79. The molecule has 4 heteroatoms. The SMILES string of the molecule is COCC(C)(C)Nc1ccc(N)c(C)n1. The number of hydrogen-bond donors (Lipinski definition) is 2. The first kappa shape index (κ1) is 11.8. The van der Waals surface area contributed by atoms with Gasteiger partial charge in [-0.25, -0.2) is 4.98 Å². The Labute approximate surface area is 90.8 Å². The number of methoxy groups -OCH3 is 1. The van der Waals surface area contributed by atoms with E-state index in [1.807, 2.05) is 19.1 Å². The van der Waals surface area contributed by atoms with Gasteiger partial charge in [-0.2, -0.15) is 0 Å². The summed E-state index contributed by atoms with van der Waals surface area (Å²) in [6.07, 6.45) is 0. The number of nitrogens with one attached hydrogen (secondary N) is 1. The van der Waals surface area contributed by atoms with Crippen molar-refractivity contribution in [1.82, 2.24) is 4.98 Å². The maximum Gasteiger partial charge on any atom is 0.126 e. The summed E-state index contributed by atoms with van der Waals surface area (Å²) >= 11 is 0. The molecule has 1 rings (SSSR count). The van der Waals surface area contributed by atoms with E-state index in [1.54, 1.807) is 7.11 Å². The van der Waals surface area contributed by atoms with Crippen LogP contribution in [0.25, 0.3) is 0 Å². The van der Waals surface area contributed by atoms with Gasteiger partial charge in [0.05, 0.1) is 23.5 Å². The number of pyridine rings is 1. The van der Waals surface area contributed by atoms with Gasteiger partial charge in [-0.1, -0.05) is 0 Å². The molecule has 0 saturated carbocycles. The van der Waals surface area contributed by atoms with Crippen LogP contribution in [0.4, 0.5) is 11.5 Å². The van der Waals surface area contributed by atoms with Crippen LogP contribution >= 0.6 is 0 Å². The van der Waals surface area contributed by atoms with Gasteiger partial charge in [0.2, 0.25) is 0 Å². The highest BCUT2D eigenvalue weighted by Gasteiger charge is 2.17. The maximum atomic E-state index is 5.70. The van der Waals surface area contributed by atoms with E-state index in [4.69, 9.17) is 10.5 Å². The minimum Gasteiger partial charge on any atom is -0.397 e. The third kappa shape index (κ3) is 3.40. The number of hydrogen-bond acceptors (Lipinski definition) is 4. The fourth-order valence-electron chi connectivity index (χ4n) is 1.39. The average Bonchev–Trinajstić information content (AvgIpc) is 2.10. The summed E-state index contributed by atoms with van der Waals surface area (Å²) in [5, 5.41) is 3.30. The predicted octanol–water partition coefficient (Wildman–Crippen LogP) is 1.81. The first-order valence-corrected chi connectivity index (χ1v) is 4.95. The van der Waals surface area contributed by atoms with Crippen molar-refractivity contribution < 1.29 is 4.74 Å². The second-order valence-corrected chi connectivity index (χ2v) is 4.31. The highest BCUT2D eigenvalue weighted by molar-refractivity contribution is 5.49. The fourth-order valence-corrected chi connectivity index (χ4v) is 1.39. The van der Waals surface area contributed by atoms with Crippen LogP contribution in [-0.4, -0.2) is 24.2 Å². The first-order chi connectivity index (χ1) is 6.94. The molecule has 15 heavy (non-hydrogen) atoms. The van der Waals surface area contributed by atoms with Gasteiger partial charge in [-0.05, 0) is 32.9 Å². The molecule has 3 N–H and O–H groups in total. The third-order valence-electron chi connectivity index (χ3n) is 2.10. The number of aromatic nitrogens is 1. The molecule has 0 bridgehead atoms. The van der Waals surface area contributed by atoms with Gasteiger partial charge in [0.1, 0.15) is 5.82 Å². The first-order valence-electron chi connectivity index (χ1n) is 4.95. The maximum absolute atomic E-state index is 5.70. The minimum atomic E-state index is -0.135. The number of ether oxygens (including phenoxy) is 1. The molecule has 0 saturated heterocycles. The van der Waals surface area contributed by atoms with Crippen molar-refractivity contribution >= 4 is 11.5 Å². The third-order valence-corrected chi connectivity index (χ3v) is 2.10. The summed E-state index contributed by atoms with van der Waals surface area (Å²) in [4.78, 5) is 4.35. The lowest BCUT2D eigenvalue weighted by Gasteiger charge is -2.26. The highest BCUT2D eigenvalue weighted by atomic mass is 16.5. The van der Waals surface area contributed by atoms with Crippen LogP contribution in [0.15, 0.2) is 12.1 Å². The monoisotopic (exact) mass is 209 g/mol. The molecule has 0 atom stereocenters. The smallest absolute Gasteiger partial charge is 0.126 e. The van der Waals surface area contributed by atoms with Gasteiger partial charge in [-0.15, -0.1) is 0 Å². The lowest BCUT2D eigenvalue weighted by molar-refractivity contribution is 0.158. The molecule has 1 aromatic heterocycles. The lowest BCUT2D eigenvalue weighted by atomic mass is 10.1.